The number of esters is 1. The van der Waals surface area contributed by atoms with Gasteiger partial charge in [-0.05, 0) is 25.0 Å². The molecule has 1 aliphatic rings. The summed E-state index contributed by atoms with van der Waals surface area (Å²) in [6, 6.07) is 3.61. The van der Waals surface area contributed by atoms with Gasteiger partial charge >= 0.3 is 5.97 Å². The number of rotatable bonds is 3. The van der Waals surface area contributed by atoms with Crippen molar-refractivity contribution in [2.75, 3.05) is 0 Å². The molecular formula is C12H16O3. The van der Waals surface area contributed by atoms with Crippen LogP contribution in [-0.2, 0) is 16.1 Å². The molecule has 1 aromatic rings. The Kier molecular flexibility index (Phi) is 3.43. The minimum absolute atomic E-state index is 0.0638. The Morgan fingerprint density at radius 2 is 2.20 bits per heavy atom. The molecular weight excluding hydrogens is 192 g/mol. The zero-order valence-electron chi connectivity index (χ0n) is 8.78. The summed E-state index contributed by atoms with van der Waals surface area (Å²) < 4.78 is 10.3. The standard InChI is InChI=1S/C12H16O3/c13-12(10-5-2-1-3-6-10)15-9-11-7-4-8-14-11/h4,7-8,10H,1-3,5-6,9H2. The fourth-order valence-electron chi connectivity index (χ4n) is 1.99. The number of carbonyl (C=O) groups is 1. The molecule has 1 aromatic heterocycles. The van der Waals surface area contributed by atoms with E-state index in [0.29, 0.717) is 5.76 Å². The molecule has 15 heavy (non-hydrogen) atoms. The first-order valence-corrected chi connectivity index (χ1v) is 5.55. The van der Waals surface area contributed by atoms with Gasteiger partial charge in [-0.15, -0.1) is 0 Å². The molecule has 1 saturated carbocycles. The van der Waals surface area contributed by atoms with Crippen molar-refractivity contribution < 1.29 is 13.9 Å². The maximum absolute atomic E-state index is 11.6. The van der Waals surface area contributed by atoms with Gasteiger partial charge < -0.3 is 9.15 Å². The van der Waals surface area contributed by atoms with Crippen LogP contribution in [0, 0.1) is 5.92 Å². The van der Waals surface area contributed by atoms with Gasteiger partial charge in [0, 0.05) is 0 Å². The minimum Gasteiger partial charge on any atom is -0.466 e. The Balaban J connectivity index is 1.76. The molecule has 0 radical (unpaired) electrons. The van der Waals surface area contributed by atoms with Gasteiger partial charge in [-0.25, -0.2) is 0 Å². The van der Waals surface area contributed by atoms with E-state index in [1.807, 2.05) is 6.07 Å². The topological polar surface area (TPSA) is 39.4 Å². The van der Waals surface area contributed by atoms with Crippen LogP contribution in [0.3, 0.4) is 0 Å². The Bertz CT molecular complexity index is 297. The van der Waals surface area contributed by atoms with E-state index < -0.39 is 0 Å². The van der Waals surface area contributed by atoms with Crippen molar-refractivity contribution in [3.63, 3.8) is 0 Å². The van der Waals surface area contributed by atoms with E-state index in [0.717, 1.165) is 25.7 Å². The average Bonchev–Trinajstić information content (AvgIpc) is 2.80. The lowest BCUT2D eigenvalue weighted by atomic mass is 9.89. The Morgan fingerprint density at radius 3 is 2.87 bits per heavy atom. The van der Waals surface area contributed by atoms with Crippen LogP contribution in [-0.4, -0.2) is 5.97 Å². The maximum Gasteiger partial charge on any atom is 0.309 e. The summed E-state index contributed by atoms with van der Waals surface area (Å²) in [4.78, 5) is 11.6. The fraction of sp³-hybridized carbons (Fsp3) is 0.583. The van der Waals surface area contributed by atoms with Crippen molar-refractivity contribution >= 4 is 5.97 Å². The van der Waals surface area contributed by atoms with Crippen LogP contribution in [0.15, 0.2) is 22.8 Å². The summed E-state index contributed by atoms with van der Waals surface area (Å²) >= 11 is 0. The molecule has 82 valence electrons. The third kappa shape index (κ3) is 2.85. The van der Waals surface area contributed by atoms with Crippen molar-refractivity contribution in [3.8, 4) is 0 Å². The molecule has 1 heterocycles. The van der Waals surface area contributed by atoms with Crippen molar-refractivity contribution in [2.24, 2.45) is 5.92 Å². The highest BCUT2D eigenvalue weighted by atomic mass is 16.5. The Labute approximate surface area is 89.4 Å². The summed E-state index contributed by atoms with van der Waals surface area (Å²) in [6.45, 7) is 0.266. The minimum atomic E-state index is -0.0638. The lowest BCUT2D eigenvalue weighted by Gasteiger charge is -2.19. The van der Waals surface area contributed by atoms with E-state index in [1.54, 1.807) is 12.3 Å². The maximum atomic E-state index is 11.6. The van der Waals surface area contributed by atoms with Crippen molar-refractivity contribution in [1.29, 1.82) is 0 Å². The van der Waals surface area contributed by atoms with Crippen LogP contribution >= 0.6 is 0 Å². The highest BCUT2D eigenvalue weighted by Crippen LogP contribution is 2.24. The molecule has 0 N–H and O–H groups in total. The van der Waals surface area contributed by atoms with Crippen molar-refractivity contribution in [3.05, 3.63) is 24.2 Å². The van der Waals surface area contributed by atoms with Gasteiger partial charge in [-0.2, -0.15) is 0 Å². The highest BCUT2D eigenvalue weighted by molar-refractivity contribution is 5.72. The zero-order valence-corrected chi connectivity index (χ0v) is 8.78. The molecule has 2 rings (SSSR count). The molecule has 0 atom stereocenters. The second-order valence-corrected chi connectivity index (χ2v) is 4.02. The molecule has 0 aliphatic heterocycles. The largest absolute Gasteiger partial charge is 0.466 e. The average molecular weight is 208 g/mol. The van der Waals surface area contributed by atoms with Crippen LogP contribution in [0.1, 0.15) is 37.9 Å². The van der Waals surface area contributed by atoms with Gasteiger partial charge in [0.15, 0.2) is 0 Å². The molecule has 0 amide bonds. The van der Waals surface area contributed by atoms with Crippen LogP contribution in [0.2, 0.25) is 0 Å². The normalized spacial score (nSPS) is 17.6. The molecule has 0 saturated heterocycles. The van der Waals surface area contributed by atoms with E-state index in [-0.39, 0.29) is 18.5 Å². The molecule has 3 heteroatoms. The number of furan rings is 1. The van der Waals surface area contributed by atoms with Crippen molar-refractivity contribution in [2.45, 2.75) is 38.7 Å². The van der Waals surface area contributed by atoms with Gasteiger partial charge in [0.25, 0.3) is 0 Å². The number of hydrogen-bond donors (Lipinski definition) is 0. The van der Waals surface area contributed by atoms with Gasteiger partial charge in [0.1, 0.15) is 12.4 Å². The predicted octanol–water partition coefficient (Wildman–Crippen LogP) is 2.90. The van der Waals surface area contributed by atoms with E-state index in [1.165, 1.54) is 6.42 Å². The first-order chi connectivity index (χ1) is 7.36. The SMILES string of the molecule is O=C(OCc1ccco1)C1CCCCC1. The third-order valence-corrected chi connectivity index (χ3v) is 2.88. The van der Waals surface area contributed by atoms with E-state index in [9.17, 15) is 4.79 Å². The number of ether oxygens (including phenoxy) is 1. The fourth-order valence-corrected chi connectivity index (χ4v) is 1.99. The van der Waals surface area contributed by atoms with E-state index in [2.05, 4.69) is 0 Å². The molecule has 3 nitrogen and oxygen atoms in total. The Hall–Kier alpha value is -1.25. The summed E-state index contributed by atoms with van der Waals surface area (Å²) in [7, 11) is 0. The van der Waals surface area contributed by atoms with Gasteiger partial charge in [-0.1, -0.05) is 19.3 Å². The van der Waals surface area contributed by atoms with Gasteiger partial charge in [-0.3, -0.25) is 4.79 Å². The van der Waals surface area contributed by atoms with E-state index >= 15 is 0 Å². The van der Waals surface area contributed by atoms with Crippen molar-refractivity contribution in [1.82, 2.24) is 0 Å². The molecule has 1 aliphatic carbocycles. The lowest BCUT2D eigenvalue weighted by Crippen LogP contribution is -2.20. The van der Waals surface area contributed by atoms with Gasteiger partial charge in [0.2, 0.25) is 0 Å². The van der Waals surface area contributed by atoms with Crippen LogP contribution in [0.4, 0.5) is 0 Å². The second kappa shape index (κ2) is 5.01. The highest BCUT2D eigenvalue weighted by Gasteiger charge is 2.22. The lowest BCUT2D eigenvalue weighted by molar-refractivity contribution is -0.151. The summed E-state index contributed by atoms with van der Waals surface area (Å²) in [5.41, 5.74) is 0. The second-order valence-electron chi connectivity index (χ2n) is 4.02. The monoisotopic (exact) mass is 208 g/mol. The molecule has 0 spiro atoms. The third-order valence-electron chi connectivity index (χ3n) is 2.88. The molecule has 0 aromatic carbocycles. The zero-order chi connectivity index (χ0) is 10.5. The van der Waals surface area contributed by atoms with E-state index in [4.69, 9.17) is 9.15 Å². The molecule has 0 unspecified atom stereocenters. The molecule has 1 fully saturated rings. The quantitative estimate of drug-likeness (QED) is 0.717. The van der Waals surface area contributed by atoms with Crippen LogP contribution in [0.5, 0.6) is 0 Å². The number of carbonyl (C=O) groups excluding carboxylic acids is 1. The Morgan fingerprint density at radius 1 is 1.40 bits per heavy atom. The first kappa shape index (κ1) is 10.3. The smallest absolute Gasteiger partial charge is 0.309 e. The summed E-state index contributed by atoms with van der Waals surface area (Å²) in [5, 5.41) is 0. The first-order valence-electron chi connectivity index (χ1n) is 5.55. The van der Waals surface area contributed by atoms with Crippen LogP contribution < -0.4 is 0 Å². The van der Waals surface area contributed by atoms with Crippen LogP contribution in [0.25, 0.3) is 0 Å². The number of hydrogen-bond acceptors (Lipinski definition) is 3. The molecule has 0 bridgehead atoms. The van der Waals surface area contributed by atoms with Gasteiger partial charge in [0.05, 0.1) is 12.2 Å². The summed E-state index contributed by atoms with van der Waals surface area (Å²) in [6.07, 6.45) is 7.11. The predicted molar refractivity (Wildman–Crippen MR) is 55.1 cm³/mol. The summed E-state index contributed by atoms with van der Waals surface area (Å²) in [5.74, 6) is 0.763.